The molecule has 56 heavy (non-hydrogen) atoms. The van der Waals surface area contributed by atoms with Crippen LogP contribution < -0.4 is 20.1 Å². The van der Waals surface area contributed by atoms with Crippen LogP contribution in [0.5, 0.6) is 23.0 Å². The van der Waals surface area contributed by atoms with E-state index >= 15 is 0 Å². The third-order valence-electron chi connectivity index (χ3n) is 9.48. The first-order chi connectivity index (χ1) is 27.5. The van der Waals surface area contributed by atoms with Crippen molar-refractivity contribution in [3.63, 3.8) is 0 Å². The molecule has 0 fully saturated rings. The van der Waals surface area contributed by atoms with Crippen LogP contribution in [0.3, 0.4) is 0 Å². The van der Waals surface area contributed by atoms with Gasteiger partial charge in [-0.05, 0) is 24.3 Å². The van der Waals surface area contributed by atoms with E-state index in [1.165, 1.54) is 0 Å². The number of nitrogens with one attached hydrogen (secondary N) is 2. The van der Waals surface area contributed by atoms with Crippen LogP contribution in [0.4, 0.5) is 0 Å². The molecule has 0 saturated carbocycles. The second kappa shape index (κ2) is 17.1. The van der Waals surface area contributed by atoms with Crippen molar-refractivity contribution in [3.05, 3.63) is 145 Å². The zero-order valence-electron chi connectivity index (χ0n) is 30.9. The van der Waals surface area contributed by atoms with Crippen molar-refractivity contribution >= 4 is 75.7 Å². The summed E-state index contributed by atoms with van der Waals surface area (Å²) in [5, 5.41) is 6.22. The molecule has 2 N–H and O–H groups in total. The molecule has 0 aliphatic heterocycles. The van der Waals surface area contributed by atoms with Gasteiger partial charge in [-0.25, -0.2) is 0 Å². The van der Waals surface area contributed by atoms with Gasteiger partial charge in [0.2, 0.25) is 0 Å². The number of carbonyl (C=O) groups excluding carboxylic acids is 2. The molecule has 0 aliphatic carbocycles. The first-order valence-electron chi connectivity index (χ1n) is 18.7. The summed E-state index contributed by atoms with van der Waals surface area (Å²) in [6, 6.07) is 41.4. The first kappa shape index (κ1) is 36.8. The molecule has 2 amide bonds. The summed E-state index contributed by atoms with van der Waals surface area (Å²) >= 11 is -1.67. The van der Waals surface area contributed by atoms with E-state index in [1.54, 1.807) is 12.1 Å². The maximum atomic E-state index is 13.4. The minimum atomic E-state index is -1.67. The molecular weight excluding hydrogens is 807 g/mol. The molecule has 0 bridgehead atoms. The molecular formula is C45H39N6O4Sn. The number of hydrogen-bond acceptors (Lipinski definition) is 8. The van der Waals surface area contributed by atoms with Crippen LogP contribution >= 0.6 is 0 Å². The number of para-hydroxylation sites is 6. The van der Waals surface area contributed by atoms with E-state index in [-0.39, 0.29) is 11.8 Å². The number of carbonyl (C=O) groups is 2. The van der Waals surface area contributed by atoms with Gasteiger partial charge in [0.15, 0.2) is 0 Å². The molecule has 0 atom stereocenters. The van der Waals surface area contributed by atoms with Crippen LogP contribution in [0, 0.1) is 0 Å². The van der Waals surface area contributed by atoms with Gasteiger partial charge in [-0.15, -0.1) is 0 Å². The van der Waals surface area contributed by atoms with Gasteiger partial charge in [0.05, 0.1) is 0 Å². The molecule has 0 saturated heterocycles. The van der Waals surface area contributed by atoms with Crippen molar-refractivity contribution in [2.75, 3.05) is 13.1 Å². The van der Waals surface area contributed by atoms with Gasteiger partial charge in [-0.3, -0.25) is 0 Å². The Labute approximate surface area is 331 Å². The van der Waals surface area contributed by atoms with Gasteiger partial charge in [0.25, 0.3) is 0 Å². The molecule has 0 spiro atoms. The van der Waals surface area contributed by atoms with E-state index in [4.69, 9.17) is 29.4 Å². The van der Waals surface area contributed by atoms with Crippen LogP contribution in [-0.2, 0) is 0 Å². The average Bonchev–Trinajstić information content (AvgIpc) is 3.23. The van der Waals surface area contributed by atoms with Crippen LogP contribution in [0.2, 0.25) is 13.8 Å². The Kier molecular flexibility index (Phi) is 11.3. The summed E-state index contributed by atoms with van der Waals surface area (Å²) in [7, 11) is 0. The Bertz CT molecular complexity index is 2490. The van der Waals surface area contributed by atoms with E-state index in [0.29, 0.717) is 91.3 Å². The molecule has 10 nitrogen and oxygen atoms in total. The summed E-state index contributed by atoms with van der Waals surface area (Å²) in [5.74, 6) is 2.23. The minimum absolute atomic E-state index is 0.166. The molecule has 0 unspecified atom stereocenters. The monoisotopic (exact) mass is 847 g/mol. The van der Waals surface area contributed by atoms with E-state index in [2.05, 4.69) is 15.6 Å². The third-order valence-corrected chi connectivity index (χ3v) is 16.4. The van der Waals surface area contributed by atoms with Crippen molar-refractivity contribution in [1.82, 2.24) is 30.6 Å². The van der Waals surface area contributed by atoms with Gasteiger partial charge in [0.1, 0.15) is 0 Å². The number of amides is 2. The van der Waals surface area contributed by atoms with E-state index in [1.807, 2.05) is 121 Å². The van der Waals surface area contributed by atoms with Gasteiger partial charge in [-0.2, -0.15) is 0 Å². The fourth-order valence-corrected chi connectivity index (χ4v) is 11.8. The normalized spacial score (nSPS) is 11.3. The molecule has 11 heteroatoms. The van der Waals surface area contributed by atoms with Crippen molar-refractivity contribution in [2.45, 2.75) is 26.7 Å². The number of aromatic nitrogens is 4. The Balaban J connectivity index is 0.834. The first-order valence-corrected chi connectivity index (χ1v) is 25.6. The van der Waals surface area contributed by atoms with E-state index in [0.717, 1.165) is 21.7 Å². The van der Waals surface area contributed by atoms with Crippen LogP contribution in [0.1, 0.15) is 33.6 Å². The fourth-order valence-electron chi connectivity index (χ4n) is 6.65. The van der Waals surface area contributed by atoms with Gasteiger partial charge in [0, 0.05) is 0 Å². The third kappa shape index (κ3) is 8.40. The predicted molar refractivity (Wildman–Crippen MR) is 222 cm³/mol. The molecule has 0 aliphatic rings. The fraction of sp³-hybridized carbons (Fsp3) is 0.156. The van der Waals surface area contributed by atoms with Gasteiger partial charge in [-0.1, -0.05) is 36.4 Å². The number of rotatable bonds is 14. The topological polar surface area (TPSA) is 128 Å². The van der Waals surface area contributed by atoms with E-state index in [9.17, 15) is 9.59 Å². The summed E-state index contributed by atoms with van der Waals surface area (Å²) in [6.07, 6.45) is 1.83. The van der Waals surface area contributed by atoms with Gasteiger partial charge >= 0.3 is 272 Å². The average molecular weight is 847 g/mol. The van der Waals surface area contributed by atoms with Crippen LogP contribution in [0.15, 0.2) is 133 Å². The summed E-state index contributed by atoms with van der Waals surface area (Å²) in [4.78, 5) is 48.6. The predicted octanol–water partition coefficient (Wildman–Crippen LogP) is 9.53. The maximum absolute atomic E-state index is 13.4. The molecule has 1 radical (unpaired) electrons. The Morgan fingerprint density at radius 2 is 0.875 bits per heavy atom. The molecule has 2 aromatic heterocycles. The van der Waals surface area contributed by atoms with E-state index < -0.39 is 19.8 Å². The number of hydrogen-bond donors (Lipinski definition) is 2. The second-order valence-electron chi connectivity index (χ2n) is 13.5. The zero-order valence-corrected chi connectivity index (χ0v) is 33.7. The van der Waals surface area contributed by atoms with Crippen molar-refractivity contribution in [3.8, 4) is 23.0 Å². The van der Waals surface area contributed by atoms with Crippen molar-refractivity contribution in [1.29, 1.82) is 0 Å². The van der Waals surface area contributed by atoms with Crippen molar-refractivity contribution < 1.29 is 19.1 Å². The summed E-state index contributed by atoms with van der Waals surface area (Å²) in [6.45, 7) is 1.17. The summed E-state index contributed by atoms with van der Waals surface area (Å²) in [5.41, 5.74) is 5.98. The van der Waals surface area contributed by atoms with Crippen LogP contribution in [-0.4, -0.2) is 64.6 Å². The number of fused-ring (bicyclic) bond motifs is 4. The molecule has 2 heterocycles. The second-order valence-corrected chi connectivity index (χ2v) is 21.9. The molecule has 8 rings (SSSR count). The molecule has 277 valence electrons. The van der Waals surface area contributed by atoms with Gasteiger partial charge < -0.3 is 0 Å². The Morgan fingerprint density at radius 1 is 0.482 bits per heavy atom. The SMILES string of the molecule is [CH3][Sn]([CH2]CCNC(=O)c1cccc2nc3cccc(Oc4ccccc4)c3nc12)[CH2]CCNC(=O)c1cccc2nc3cccc(Oc4ccccc4)c3nc12. The Morgan fingerprint density at radius 3 is 1.30 bits per heavy atom. The molecule has 8 aromatic rings. The van der Waals surface area contributed by atoms with Crippen LogP contribution in [0.25, 0.3) is 44.1 Å². The number of ether oxygens (including phenoxy) is 2. The number of benzene rings is 6. The zero-order chi connectivity index (χ0) is 38.3. The summed E-state index contributed by atoms with van der Waals surface area (Å²) < 4.78 is 14.5. The Hall–Kier alpha value is -6.14. The quantitative estimate of drug-likeness (QED) is 0.0630. The van der Waals surface area contributed by atoms with Crippen molar-refractivity contribution in [2.24, 2.45) is 0 Å². The standard InChI is InChI=1S/2C22H18N3O2.CH3.Sn/c2*1-2-14-23-22(26)16-10-6-11-17-20(16)25-21-18(24-17)12-7-13-19(21)27-15-8-4-3-5-9-15;;/h2*3-13H,1-2,14H2,(H,23,26);1H3;. The number of nitrogens with zero attached hydrogens (tertiary/aromatic N) is 4. The molecule has 6 aromatic carbocycles.